The molecule has 0 fully saturated rings. The number of rotatable bonds is 7. The van der Waals surface area contributed by atoms with Gasteiger partial charge in [0.05, 0.1) is 4.90 Å². The smallest absolute Gasteiger partial charge is 0.321 e. The SMILES string of the molecule is Cc1cc(C)c(C(=O)COC(=O)CNS(=O)(=O)c2ccc(C)c(C)c2)c(C)c1. The number of Topliss-reactive ketones (excluding diaryl/α,β-unsaturated/α-hetero) is 1. The summed E-state index contributed by atoms with van der Waals surface area (Å²) in [6.45, 7) is 8.30. The summed E-state index contributed by atoms with van der Waals surface area (Å²) < 4.78 is 31.7. The van der Waals surface area contributed by atoms with Crippen molar-refractivity contribution in [3.8, 4) is 0 Å². The third-order valence-electron chi connectivity index (χ3n) is 4.52. The molecule has 0 aliphatic carbocycles. The molecule has 150 valence electrons. The lowest BCUT2D eigenvalue weighted by atomic mass is 9.97. The number of nitrogens with one attached hydrogen (secondary N) is 1. The highest BCUT2D eigenvalue weighted by Crippen LogP contribution is 2.17. The van der Waals surface area contributed by atoms with Crippen LogP contribution in [0, 0.1) is 34.6 Å². The van der Waals surface area contributed by atoms with Crippen LogP contribution in [0.2, 0.25) is 0 Å². The predicted molar refractivity (Wildman–Crippen MR) is 107 cm³/mol. The van der Waals surface area contributed by atoms with Crippen LogP contribution in [0.5, 0.6) is 0 Å². The fourth-order valence-electron chi connectivity index (χ4n) is 3.01. The van der Waals surface area contributed by atoms with Gasteiger partial charge in [-0.2, -0.15) is 4.72 Å². The molecule has 0 unspecified atom stereocenters. The molecular formula is C21H25NO5S. The van der Waals surface area contributed by atoms with Gasteiger partial charge < -0.3 is 4.74 Å². The zero-order valence-corrected chi connectivity index (χ0v) is 17.6. The molecular weight excluding hydrogens is 378 g/mol. The normalized spacial score (nSPS) is 11.3. The third kappa shape index (κ3) is 5.27. The molecule has 0 heterocycles. The van der Waals surface area contributed by atoms with E-state index in [0.29, 0.717) is 5.56 Å². The second kappa shape index (κ2) is 8.67. The molecule has 0 saturated carbocycles. The third-order valence-corrected chi connectivity index (χ3v) is 5.91. The van der Waals surface area contributed by atoms with Crippen molar-refractivity contribution in [3.63, 3.8) is 0 Å². The number of sulfonamides is 1. The number of benzene rings is 2. The van der Waals surface area contributed by atoms with E-state index in [9.17, 15) is 18.0 Å². The first-order chi connectivity index (χ1) is 13.0. The zero-order chi connectivity index (χ0) is 21.1. The number of aryl methyl sites for hydroxylation is 5. The van der Waals surface area contributed by atoms with Crippen LogP contribution in [0.1, 0.15) is 38.2 Å². The van der Waals surface area contributed by atoms with Crippen LogP contribution in [0.4, 0.5) is 0 Å². The first-order valence-corrected chi connectivity index (χ1v) is 10.3. The Morgan fingerprint density at radius 3 is 2.07 bits per heavy atom. The van der Waals surface area contributed by atoms with Gasteiger partial charge in [-0.15, -0.1) is 0 Å². The molecule has 0 radical (unpaired) electrons. The summed E-state index contributed by atoms with van der Waals surface area (Å²) in [4.78, 5) is 24.4. The van der Waals surface area contributed by atoms with Crippen LogP contribution < -0.4 is 4.72 Å². The fourth-order valence-corrected chi connectivity index (χ4v) is 4.06. The Bertz CT molecular complexity index is 1000. The Balaban J connectivity index is 1.95. The number of hydrogen-bond donors (Lipinski definition) is 1. The van der Waals surface area contributed by atoms with Crippen LogP contribution in [0.25, 0.3) is 0 Å². The fraction of sp³-hybridized carbons (Fsp3) is 0.333. The maximum absolute atomic E-state index is 12.4. The molecule has 2 aromatic rings. The minimum atomic E-state index is -3.84. The van der Waals surface area contributed by atoms with Gasteiger partial charge in [0, 0.05) is 5.56 Å². The second-order valence-corrected chi connectivity index (χ2v) is 8.70. The Hall–Kier alpha value is -2.51. The van der Waals surface area contributed by atoms with Gasteiger partial charge >= 0.3 is 5.97 Å². The van der Waals surface area contributed by atoms with E-state index in [1.807, 2.05) is 46.8 Å². The van der Waals surface area contributed by atoms with Gasteiger partial charge in [0.2, 0.25) is 15.8 Å². The van der Waals surface area contributed by atoms with Gasteiger partial charge in [-0.25, -0.2) is 8.42 Å². The first kappa shape index (κ1) is 21.8. The highest BCUT2D eigenvalue weighted by atomic mass is 32.2. The van der Waals surface area contributed by atoms with E-state index in [1.54, 1.807) is 6.07 Å². The summed E-state index contributed by atoms with van der Waals surface area (Å²) in [6, 6.07) is 8.49. The number of carbonyl (C=O) groups excluding carboxylic acids is 2. The average Bonchev–Trinajstić information content (AvgIpc) is 2.59. The van der Waals surface area contributed by atoms with Crippen molar-refractivity contribution in [2.45, 2.75) is 39.5 Å². The minimum Gasteiger partial charge on any atom is -0.456 e. The zero-order valence-electron chi connectivity index (χ0n) is 16.8. The second-order valence-electron chi connectivity index (χ2n) is 6.93. The maximum Gasteiger partial charge on any atom is 0.321 e. The van der Waals surface area contributed by atoms with Crippen LogP contribution in [-0.4, -0.2) is 33.3 Å². The van der Waals surface area contributed by atoms with Gasteiger partial charge in [0.1, 0.15) is 6.54 Å². The van der Waals surface area contributed by atoms with Crippen molar-refractivity contribution >= 4 is 21.8 Å². The van der Waals surface area contributed by atoms with E-state index in [1.165, 1.54) is 12.1 Å². The van der Waals surface area contributed by atoms with Crippen molar-refractivity contribution in [2.24, 2.45) is 0 Å². The quantitative estimate of drug-likeness (QED) is 0.567. The summed E-state index contributed by atoms with van der Waals surface area (Å²) in [5.41, 5.74) is 5.00. The van der Waals surface area contributed by atoms with Crippen molar-refractivity contribution < 1.29 is 22.7 Å². The minimum absolute atomic E-state index is 0.0744. The van der Waals surface area contributed by atoms with Crippen LogP contribution in [0.3, 0.4) is 0 Å². The van der Waals surface area contributed by atoms with E-state index in [0.717, 1.165) is 27.8 Å². The van der Waals surface area contributed by atoms with Crippen LogP contribution >= 0.6 is 0 Å². The monoisotopic (exact) mass is 403 g/mol. The van der Waals surface area contributed by atoms with Gasteiger partial charge in [0.25, 0.3) is 0 Å². The van der Waals surface area contributed by atoms with Crippen molar-refractivity contribution in [1.29, 1.82) is 0 Å². The Kier molecular flexibility index (Phi) is 6.74. The lowest BCUT2D eigenvalue weighted by molar-refractivity contribution is -0.141. The van der Waals surface area contributed by atoms with Crippen molar-refractivity contribution in [2.75, 3.05) is 13.2 Å². The van der Waals surface area contributed by atoms with Crippen molar-refractivity contribution in [1.82, 2.24) is 4.72 Å². The molecule has 0 aliphatic rings. The average molecular weight is 404 g/mol. The van der Waals surface area contributed by atoms with E-state index < -0.39 is 29.1 Å². The lowest BCUT2D eigenvalue weighted by Gasteiger charge is -2.11. The standard InChI is InChI=1S/C21H25NO5S/c1-13-8-16(4)21(17(5)9-13)19(23)12-27-20(24)11-22-28(25,26)18-7-6-14(2)15(3)10-18/h6-10,22H,11-12H2,1-5H3. The van der Waals surface area contributed by atoms with Gasteiger partial charge in [-0.3, -0.25) is 9.59 Å². The summed E-state index contributed by atoms with van der Waals surface area (Å²) in [5, 5.41) is 0. The number of hydrogen-bond acceptors (Lipinski definition) is 5. The summed E-state index contributed by atoms with van der Waals surface area (Å²) in [6.07, 6.45) is 0. The highest BCUT2D eigenvalue weighted by molar-refractivity contribution is 7.89. The molecule has 0 bridgehead atoms. The molecule has 2 rings (SSSR count). The number of esters is 1. The molecule has 28 heavy (non-hydrogen) atoms. The highest BCUT2D eigenvalue weighted by Gasteiger charge is 2.19. The molecule has 0 amide bonds. The molecule has 2 aromatic carbocycles. The molecule has 0 aliphatic heterocycles. The van der Waals surface area contributed by atoms with E-state index in [4.69, 9.17) is 4.74 Å². The van der Waals surface area contributed by atoms with Crippen LogP contribution in [-0.2, 0) is 19.6 Å². The number of ether oxygens (including phenoxy) is 1. The lowest BCUT2D eigenvalue weighted by Crippen LogP contribution is -2.31. The molecule has 6 nitrogen and oxygen atoms in total. The van der Waals surface area contributed by atoms with Crippen molar-refractivity contribution in [3.05, 3.63) is 63.7 Å². The Morgan fingerprint density at radius 1 is 0.893 bits per heavy atom. The van der Waals surface area contributed by atoms with Crippen LogP contribution in [0.15, 0.2) is 35.2 Å². The Morgan fingerprint density at radius 2 is 1.50 bits per heavy atom. The van der Waals surface area contributed by atoms with E-state index in [-0.39, 0.29) is 10.7 Å². The predicted octanol–water partition coefficient (Wildman–Crippen LogP) is 2.93. The molecule has 0 spiro atoms. The summed E-state index contributed by atoms with van der Waals surface area (Å²) >= 11 is 0. The first-order valence-electron chi connectivity index (χ1n) is 8.85. The number of carbonyl (C=O) groups is 2. The van der Waals surface area contributed by atoms with Gasteiger partial charge in [0.15, 0.2) is 6.61 Å². The topological polar surface area (TPSA) is 89.5 Å². The number of ketones is 1. The largest absolute Gasteiger partial charge is 0.456 e. The molecule has 0 saturated heterocycles. The van der Waals surface area contributed by atoms with E-state index >= 15 is 0 Å². The molecule has 0 atom stereocenters. The molecule has 7 heteroatoms. The molecule has 1 N–H and O–H groups in total. The summed E-state index contributed by atoms with van der Waals surface area (Å²) in [7, 11) is -3.84. The van der Waals surface area contributed by atoms with Gasteiger partial charge in [-0.1, -0.05) is 23.8 Å². The molecule has 0 aromatic heterocycles. The Labute approximate surface area is 166 Å². The summed E-state index contributed by atoms with van der Waals surface area (Å²) in [5.74, 6) is -1.14. The van der Waals surface area contributed by atoms with Gasteiger partial charge in [-0.05, 0) is 69.0 Å². The maximum atomic E-state index is 12.4. The van der Waals surface area contributed by atoms with E-state index in [2.05, 4.69) is 4.72 Å².